The molecular formula is C48H52B3BrN2O6S2. The third-order valence-electron chi connectivity index (χ3n) is 13.8. The Morgan fingerprint density at radius 3 is 1.29 bits per heavy atom. The van der Waals surface area contributed by atoms with Crippen molar-refractivity contribution in [2.75, 3.05) is 0 Å². The van der Waals surface area contributed by atoms with Gasteiger partial charge in [-0.05, 0) is 124 Å². The number of thiophene rings is 2. The molecule has 62 heavy (non-hydrogen) atoms. The molecule has 0 saturated carbocycles. The van der Waals surface area contributed by atoms with E-state index in [0.29, 0.717) is 0 Å². The van der Waals surface area contributed by atoms with E-state index in [1.165, 1.54) is 51.1 Å². The molecule has 0 unspecified atom stereocenters. The zero-order chi connectivity index (χ0) is 44.2. The summed E-state index contributed by atoms with van der Waals surface area (Å²) in [4.78, 5) is 8.64. The molecule has 0 aliphatic carbocycles. The van der Waals surface area contributed by atoms with E-state index in [-0.39, 0.29) is 40.7 Å². The van der Waals surface area contributed by atoms with Gasteiger partial charge in [-0.2, -0.15) is 0 Å². The number of rotatable bonds is 2. The molecule has 7 heterocycles. The predicted octanol–water partition coefficient (Wildman–Crippen LogP) is 12.5. The largest absolute Gasteiger partial charge is 0.495 e. The number of fused-ring (bicyclic) bond motifs is 10. The molecule has 0 radical (unpaired) electrons. The Morgan fingerprint density at radius 2 is 0.823 bits per heavy atom. The highest BCUT2D eigenvalue weighted by Gasteiger charge is 2.63. The molecule has 0 atom stereocenters. The van der Waals surface area contributed by atoms with Gasteiger partial charge in [0.2, 0.25) is 0 Å². The van der Waals surface area contributed by atoms with Gasteiger partial charge in [0.1, 0.15) is 0 Å². The van der Waals surface area contributed by atoms with Crippen LogP contribution in [0.5, 0.6) is 0 Å². The Kier molecular flexibility index (Phi) is 10.8. The van der Waals surface area contributed by atoms with Crippen LogP contribution in [0.3, 0.4) is 0 Å². The van der Waals surface area contributed by atoms with E-state index in [0.717, 1.165) is 20.7 Å². The normalized spacial score (nSPS) is 20.6. The molecule has 3 fully saturated rings. The summed E-state index contributed by atoms with van der Waals surface area (Å²) in [5.74, 6) is 0. The highest BCUT2D eigenvalue weighted by molar-refractivity contribution is 9.10. The summed E-state index contributed by atoms with van der Waals surface area (Å²) in [6.45, 7) is 24.6. The molecule has 0 amide bonds. The van der Waals surface area contributed by atoms with Crippen LogP contribution in [0.2, 0.25) is 0 Å². The Hall–Kier alpha value is -3.43. The molecule has 4 aromatic heterocycles. The highest BCUT2D eigenvalue weighted by Crippen LogP contribution is 2.45. The van der Waals surface area contributed by atoms with E-state index in [1.807, 2.05) is 103 Å². The summed E-state index contributed by atoms with van der Waals surface area (Å²) in [6, 6.07) is 25.7. The van der Waals surface area contributed by atoms with E-state index in [4.69, 9.17) is 27.9 Å². The maximum absolute atomic E-state index is 6.36. The number of hydrogen-bond donors (Lipinski definition) is 0. The highest BCUT2D eigenvalue weighted by atomic mass is 79.9. The summed E-state index contributed by atoms with van der Waals surface area (Å²) < 4.78 is 42.9. The summed E-state index contributed by atoms with van der Waals surface area (Å²) in [5, 5.41) is 9.92. The van der Waals surface area contributed by atoms with Crippen molar-refractivity contribution in [1.29, 1.82) is 0 Å². The molecule has 0 N–H and O–H groups in total. The van der Waals surface area contributed by atoms with Gasteiger partial charge in [0.05, 0.1) is 33.6 Å². The lowest BCUT2D eigenvalue weighted by Gasteiger charge is -2.32. The second-order valence-corrected chi connectivity index (χ2v) is 22.4. The van der Waals surface area contributed by atoms with E-state index in [2.05, 4.69) is 126 Å². The fourth-order valence-electron chi connectivity index (χ4n) is 8.03. The van der Waals surface area contributed by atoms with Gasteiger partial charge in [-0.15, -0.1) is 22.7 Å². The van der Waals surface area contributed by atoms with Gasteiger partial charge in [0, 0.05) is 85.8 Å². The molecule has 3 aliphatic rings. The molecule has 8 aromatic rings. The lowest BCUT2D eigenvalue weighted by Crippen LogP contribution is -2.41. The van der Waals surface area contributed by atoms with Gasteiger partial charge in [-0.25, -0.2) is 0 Å². The second-order valence-electron chi connectivity index (χ2n) is 19.5. The van der Waals surface area contributed by atoms with Gasteiger partial charge in [0.15, 0.2) is 0 Å². The van der Waals surface area contributed by atoms with Crippen molar-refractivity contribution in [3.63, 3.8) is 0 Å². The van der Waals surface area contributed by atoms with Crippen molar-refractivity contribution in [3.05, 3.63) is 102 Å². The average molecular weight is 929 g/mol. The van der Waals surface area contributed by atoms with Crippen LogP contribution in [-0.2, 0) is 27.9 Å². The minimum absolute atomic E-state index is 0.358. The third kappa shape index (κ3) is 7.41. The minimum Gasteiger partial charge on any atom is -0.405 e. The van der Waals surface area contributed by atoms with Crippen LogP contribution >= 0.6 is 38.6 Å². The summed E-state index contributed by atoms with van der Waals surface area (Å²) in [6.07, 6.45) is 7.60. The first-order valence-corrected chi connectivity index (χ1v) is 23.6. The van der Waals surface area contributed by atoms with Gasteiger partial charge in [-0.1, -0.05) is 58.4 Å². The fraction of sp³-hybridized carbons (Fsp3) is 0.375. The molecule has 3 saturated heterocycles. The third-order valence-corrected chi connectivity index (χ3v) is 16.9. The Balaban J connectivity index is 0.000000122. The molecule has 0 bridgehead atoms. The summed E-state index contributed by atoms with van der Waals surface area (Å²) in [5.41, 5.74) is -1.08. The van der Waals surface area contributed by atoms with Crippen molar-refractivity contribution in [2.24, 2.45) is 0 Å². The Labute approximate surface area is 381 Å². The number of halogens is 1. The molecule has 11 rings (SSSR count). The molecule has 3 aliphatic heterocycles. The second kappa shape index (κ2) is 15.3. The Morgan fingerprint density at radius 1 is 0.435 bits per heavy atom. The molecular weight excluding hydrogens is 877 g/mol. The van der Waals surface area contributed by atoms with Crippen molar-refractivity contribution in [1.82, 2.24) is 9.97 Å². The number of benzene rings is 4. The SMILES string of the molecule is Brc1cc2c3ccccc3sc2c2cnccc12.CC1(C)OB(B2OC(C)(C)C(C)(C)O2)OC1(C)C.CC1(C)OB(c2cc3c4ccccc4sc3c3cnccc23)OC1(C)C. The van der Waals surface area contributed by atoms with Crippen LogP contribution in [-0.4, -0.2) is 64.7 Å². The van der Waals surface area contributed by atoms with Crippen LogP contribution in [0.1, 0.15) is 83.1 Å². The monoisotopic (exact) mass is 928 g/mol. The van der Waals surface area contributed by atoms with Crippen LogP contribution in [0.15, 0.2) is 102 Å². The molecule has 14 heteroatoms. The first-order chi connectivity index (χ1) is 29.1. The van der Waals surface area contributed by atoms with Gasteiger partial charge in [0.25, 0.3) is 0 Å². The topological polar surface area (TPSA) is 81.2 Å². The first-order valence-electron chi connectivity index (χ1n) is 21.2. The number of hydrogen-bond acceptors (Lipinski definition) is 10. The van der Waals surface area contributed by atoms with E-state index in [9.17, 15) is 0 Å². The van der Waals surface area contributed by atoms with Gasteiger partial charge in [-0.3, -0.25) is 9.97 Å². The van der Waals surface area contributed by atoms with Crippen molar-refractivity contribution in [3.8, 4) is 0 Å². The summed E-state index contributed by atoms with van der Waals surface area (Å²) in [7, 11) is -1.33. The van der Waals surface area contributed by atoms with Crippen molar-refractivity contribution >= 4 is 127 Å². The van der Waals surface area contributed by atoms with Crippen LogP contribution in [0, 0.1) is 0 Å². The quantitative estimate of drug-likeness (QED) is 0.159. The molecule has 4 aromatic carbocycles. The zero-order valence-electron chi connectivity index (χ0n) is 37.5. The van der Waals surface area contributed by atoms with E-state index >= 15 is 0 Å². The van der Waals surface area contributed by atoms with Crippen LogP contribution in [0.25, 0.3) is 61.9 Å². The standard InChI is InChI=1S/C21H20BNO2S.C15H8BrNS.C12H24B2O4/c1-20(2)21(3,4)25-22(24-20)17-11-15-14-7-5-6-8-18(14)26-19(15)16-12-23-10-9-13(16)17;16-13-7-11-10-3-1-2-4-14(10)18-15(11)12-8-17-6-5-9(12)13;1-9(2)10(3,4)16-13(15-9)14-17-11(5,6)12(7,8)18-14/h5-12H,1-4H3;1-8H;1-8H3. The summed E-state index contributed by atoms with van der Waals surface area (Å²) >= 11 is 7.32. The van der Waals surface area contributed by atoms with E-state index < -0.39 is 14.0 Å². The number of aromatic nitrogens is 2. The maximum Gasteiger partial charge on any atom is 0.495 e. The van der Waals surface area contributed by atoms with Crippen molar-refractivity contribution in [2.45, 2.75) is 117 Å². The van der Waals surface area contributed by atoms with Crippen LogP contribution < -0.4 is 5.46 Å². The van der Waals surface area contributed by atoms with Crippen molar-refractivity contribution < 1.29 is 27.9 Å². The number of nitrogens with zero attached hydrogens (tertiary/aromatic N) is 2. The average Bonchev–Trinajstić information content (AvgIpc) is 3.95. The fourth-order valence-corrected chi connectivity index (χ4v) is 11.0. The molecule has 318 valence electrons. The maximum atomic E-state index is 6.36. The van der Waals surface area contributed by atoms with E-state index in [1.54, 1.807) is 0 Å². The minimum atomic E-state index is -0.476. The van der Waals surface area contributed by atoms with Gasteiger partial charge >= 0.3 is 21.1 Å². The lowest BCUT2D eigenvalue weighted by atomic mass is 9.49. The number of pyridine rings is 2. The molecule has 8 nitrogen and oxygen atoms in total. The van der Waals surface area contributed by atoms with Gasteiger partial charge < -0.3 is 27.9 Å². The lowest BCUT2D eigenvalue weighted by molar-refractivity contribution is 0.00578. The smallest absolute Gasteiger partial charge is 0.405 e. The first kappa shape index (κ1) is 43.8. The predicted molar refractivity (Wildman–Crippen MR) is 265 cm³/mol. The Bertz CT molecular complexity index is 2940. The zero-order valence-corrected chi connectivity index (χ0v) is 40.7. The molecule has 0 spiro atoms. The van der Waals surface area contributed by atoms with Crippen LogP contribution in [0.4, 0.5) is 0 Å².